The van der Waals surface area contributed by atoms with Crippen molar-refractivity contribution in [3.05, 3.63) is 60.0 Å². The van der Waals surface area contributed by atoms with Gasteiger partial charge in [-0.1, -0.05) is 0 Å². The average Bonchev–Trinajstić information content (AvgIpc) is 3.16. The van der Waals surface area contributed by atoms with Crippen molar-refractivity contribution in [3.8, 4) is 11.5 Å². The lowest BCUT2D eigenvalue weighted by Crippen LogP contribution is -2.15. The van der Waals surface area contributed by atoms with Crippen LogP contribution in [0.3, 0.4) is 0 Å². The maximum absolute atomic E-state index is 12.7. The van der Waals surface area contributed by atoms with E-state index >= 15 is 0 Å². The van der Waals surface area contributed by atoms with E-state index in [9.17, 15) is 4.79 Å². The Labute approximate surface area is 168 Å². The molecule has 0 spiro atoms. The van der Waals surface area contributed by atoms with Crippen LogP contribution in [-0.4, -0.2) is 36.8 Å². The van der Waals surface area contributed by atoms with Crippen LogP contribution in [0, 0.1) is 6.92 Å². The molecule has 29 heavy (non-hydrogen) atoms. The minimum absolute atomic E-state index is 0.183. The first kappa shape index (κ1) is 18.5. The Balaban J connectivity index is 1.50. The molecule has 8 nitrogen and oxygen atoms in total. The highest BCUT2D eigenvalue weighted by molar-refractivity contribution is 6.03. The molecule has 3 aromatic rings. The van der Waals surface area contributed by atoms with Crippen LogP contribution in [0.1, 0.15) is 16.3 Å². The van der Waals surface area contributed by atoms with E-state index in [1.165, 1.54) is 0 Å². The standard InChI is InChI=1S/C21H21N5O3/c1-13-22-17(21(27)25-15-6-9-18-19(10-15)29-12-28-18)11-20(23-13)24-14-4-7-16(8-5-14)26(2)3/h4-11H,12H2,1-3H3,(H,25,27)(H,22,23,24). The van der Waals surface area contributed by atoms with Gasteiger partial charge in [0, 0.05) is 43.3 Å². The van der Waals surface area contributed by atoms with Crippen LogP contribution in [-0.2, 0) is 0 Å². The lowest BCUT2D eigenvalue weighted by molar-refractivity contribution is 0.102. The Hall–Kier alpha value is -3.81. The number of carbonyl (C=O) groups is 1. The molecule has 0 saturated carbocycles. The van der Waals surface area contributed by atoms with E-state index in [-0.39, 0.29) is 18.4 Å². The molecule has 2 aromatic carbocycles. The first-order chi connectivity index (χ1) is 14.0. The summed E-state index contributed by atoms with van der Waals surface area (Å²) in [7, 11) is 3.97. The number of hydrogen-bond acceptors (Lipinski definition) is 7. The van der Waals surface area contributed by atoms with Gasteiger partial charge >= 0.3 is 0 Å². The highest BCUT2D eigenvalue weighted by Crippen LogP contribution is 2.34. The zero-order chi connectivity index (χ0) is 20.4. The molecule has 0 radical (unpaired) electrons. The highest BCUT2D eigenvalue weighted by atomic mass is 16.7. The van der Waals surface area contributed by atoms with Crippen LogP contribution in [0.4, 0.5) is 22.9 Å². The maximum atomic E-state index is 12.7. The van der Waals surface area contributed by atoms with E-state index in [1.807, 2.05) is 43.3 Å². The molecule has 1 aromatic heterocycles. The van der Waals surface area contributed by atoms with Gasteiger partial charge in [-0.25, -0.2) is 9.97 Å². The summed E-state index contributed by atoms with van der Waals surface area (Å²) in [4.78, 5) is 23.3. The van der Waals surface area contributed by atoms with Gasteiger partial charge in [0.25, 0.3) is 5.91 Å². The number of nitrogens with one attached hydrogen (secondary N) is 2. The predicted molar refractivity (Wildman–Crippen MR) is 111 cm³/mol. The molecule has 0 saturated heterocycles. The number of fused-ring (bicyclic) bond motifs is 1. The highest BCUT2D eigenvalue weighted by Gasteiger charge is 2.16. The van der Waals surface area contributed by atoms with Gasteiger partial charge in [-0.15, -0.1) is 0 Å². The quantitative estimate of drug-likeness (QED) is 0.687. The Morgan fingerprint density at radius 2 is 1.69 bits per heavy atom. The van der Waals surface area contributed by atoms with Crippen LogP contribution < -0.4 is 25.0 Å². The van der Waals surface area contributed by atoms with Crippen molar-refractivity contribution in [3.63, 3.8) is 0 Å². The summed E-state index contributed by atoms with van der Waals surface area (Å²) in [6.45, 7) is 1.93. The van der Waals surface area contributed by atoms with E-state index in [2.05, 4.69) is 20.6 Å². The van der Waals surface area contributed by atoms with Crippen LogP contribution >= 0.6 is 0 Å². The fourth-order valence-electron chi connectivity index (χ4n) is 2.91. The summed E-state index contributed by atoms with van der Waals surface area (Å²) in [6, 6.07) is 14.8. The van der Waals surface area contributed by atoms with Crippen molar-refractivity contribution >= 4 is 28.8 Å². The van der Waals surface area contributed by atoms with E-state index in [4.69, 9.17) is 9.47 Å². The SMILES string of the molecule is Cc1nc(Nc2ccc(N(C)C)cc2)cc(C(=O)Nc2ccc3c(c2)OCO3)n1. The van der Waals surface area contributed by atoms with Gasteiger partial charge in [0.15, 0.2) is 11.5 Å². The second-order valence-electron chi connectivity index (χ2n) is 6.77. The number of hydrogen-bond donors (Lipinski definition) is 2. The Bertz CT molecular complexity index is 1050. The van der Waals surface area contributed by atoms with Crippen molar-refractivity contribution in [2.45, 2.75) is 6.92 Å². The molecule has 1 aliphatic heterocycles. The minimum Gasteiger partial charge on any atom is -0.454 e. The van der Waals surface area contributed by atoms with Crippen molar-refractivity contribution in [2.24, 2.45) is 0 Å². The topological polar surface area (TPSA) is 88.6 Å². The van der Waals surface area contributed by atoms with E-state index < -0.39 is 0 Å². The number of amides is 1. The Kier molecular flexibility index (Phi) is 4.90. The van der Waals surface area contributed by atoms with E-state index in [0.29, 0.717) is 28.8 Å². The van der Waals surface area contributed by atoms with Crippen LogP contribution in [0.15, 0.2) is 48.5 Å². The Morgan fingerprint density at radius 3 is 2.45 bits per heavy atom. The van der Waals surface area contributed by atoms with Crippen LogP contribution in [0.2, 0.25) is 0 Å². The number of nitrogens with zero attached hydrogens (tertiary/aromatic N) is 3. The maximum Gasteiger partial charge on any atom is 0.274 e. The molecule has 4 rings (SSSR count). The number of benzene rings is 2. The zero-order valence-electron chi connectivity index (χ0n) is 16.4. The first-order valence-electron chi connectivity index (χ1n) is 9.09. The zero-order valence-corrected chi connectivity index (χ0v) is 16.4. The summed E-state index contributed by atoms with van der Waals surface area (Å²) in [5.74, 6) is 1.97. The Morgan fingerprint density at radius 1 is 0.966 bits per heavy atom. The molecule has 148 valence electrons. The van der Waals surface area contributed by atoms with Crippen molar-refractivity contribution in [1.82, 2.24) is 9.97 Å². The van der Waals surface area contributed by atoms with Crippen LogP contribution in [0.5, 0.6) is 11.5 Å². The minimum atomic E-state index is -0.333. The lowest BCUT2D eigenvalue weighted by atomic mass is 10.2. The number of aryl methyl sites for hydroxylation is 1. The fourth-order valence-corrected chi connectivity index (χ4v) is 2.91. The van der Waals surface area contributed by atoms with E-state index in [1.54, 1.807) is 31.2 Å². The van der Waals surface area contributed by atoms with Gasteiger partial charge in [0.1, 0.15) is 17.3 Å². The summed E-state index contributed by atoms with van der Waals surface area (Å²) in [5.41, 5.74) is 2.83. The summed E-state index contributed by atoms with van der Waals surface area (Å²) < 4.78 is 10.6. The monoisotopic (exact) mass is 391 g/mol. The van der Waals surface area contributed by atoms with Crippen LogP contribution in [0.25, 0.3) is 0 Å². The average molecular weight is 391 g/mol. The second-order valence-corrected chi connectivity index (χ2v) is 6.77. The molecular formula is C21H21N5O3. The number of anilines is 4. The van der Waals surface area contributed by atoms with Gasteiger partial charge in [-0.05, 0) is 43.3 Å². The largest absolute Gasteiger partial charge is 0.454 e. The third-order valence-corrected chi connectivity index (χ3v) is 4.36. The molecule has 2 heterocycles. The van der Waals surface area contributed by atoms with Crippen molar-refractivity contribution < 1.29 is 14.3 Å². The summed E-state index contributed by atoms with van der Waals surface area (Å²) in [5, 5.41) is 6.05. The van der Waals surface area contributed by atoms with Gasteiger partial charge in [0.05, 0.1) is 0 Å². The predicted octanol–water partition coefficient (Wildman–Crippen LogP) is 3.58. The van der Waals surface area contributed by atoms with E-state index in [0.717, 1.165) is 11.4 Å². The molecule has 0 bridgehead atoms. The van der Waals surface area contributed by atoms with Gasteiger partial charge in [-0.2, -0.15) is 0 Å². The number of ether oxygens (including phenoxy) is 2. The first-order valence-corrected chi connectivity index (χ1v) is 9.09. The smallest absolute Gasteiger partial charge is 0.274 e. The van der Waals surface area contributed by atoms with Crippen molar-refractivity contribution in [1.29, 1.82) is 0 Å². The fraction of sp³-hybridized carbons (Fsp3) is 0.190. The molecule has 0 atom stereocenters. The molecule has 1 amide bonds. The molecule has 8 heteroatoms. The summed E-state index contributed by atoms with van der Waals surface area (Å²) in [6.07, 6.45) is 0. The number of rotatable bonds is 5. The molecular weight excluding hydrogens is 370 g/mol. The van der Waals surface area contributed by atoms with Gasteiger partial charge in [-0.3, -0.25) is 4.79 Å². The molecule has 2 N–H and O–H groups in total. The molecule has 0 unspecified atom stereocenters. The number of aromatic nitrogens is 2. The van der Waals surface area contributed by atoms with Crippen molar-refractivity contribution in [2.75, 3.05) is 36.4 Å². The van der Waals surface area contributed by atoms with Gasteiger partial charge < -0.3 is 25.0 Å². The third-order valence-electron chi connectivity index (χ3n) is 4.36. The third kappa shape index (κ3) is 4.21. The molecule has 0 fully saturated rings. The second kappa shape index (κ2) is 7.67. The number of carbonyl (C=O) groups excluding carboxylic acids is 1. The normalized spacial score (nSPS) is 11.8. The lowest BCUT2D eigenvalue weighted by Gasteiger charge is -2.13. The summed E-state index contributed by atoms with van der Waals surface area (Å²) >= 11 is 0. The molecule has 1 aliphatic rings. The molecule has 0 aliphatic carbocycles. The van der Waals surface area contributed by atoms with Gasteiger partial charge in [0.2, 0.25) is 6.79 Å².